The molecule has 1 heterocycles. The zero-order chi connectivity index (χ0) is 23.8. The minimum absolute atomic E-state index is 0.128. The molecule has 0 spiro atoms. The van der Waals surface area contributed by atoms with Gasteiger partial charge in [-0.25, -0.2) is 4.79 Å². The van der Waals surface area contributed by atoms with Crippen molar-refractivity contribution in [1.82, 2.24) is 5.32 Å². The standard InChI is InChI=1S/C28H32N4O2/c1-2-21-10-12-23(13-11-21)30-28(34)31-24-14-15-26(32-18-6-7-19-32)25(20-24)27(33)29-17-16-22-8-4-3-5-9-22/h3-5,8-15,20H,2,6-7,16-19H2,1H3,(H,29,33)(H2,30,31,34). The molecule has 0 bridgehead atoms. The molecule has 1 aliphatic heterocycles. The molecule has 0 aromatic heterocycles. The second-order valence-corrected chi connectivity index (χ2v) is 8.55. The average molecular weight is 457 g/mol. The number of amides is 3. The quantitative estimate of drug-likeness (QED) is 0.421. The van der Waals surface area contributed by atoms with Crippen molar-refractivity contribution in [3.8, 4) is 0 Å². The van der Waals surface area contributed by atoms with Crippen molar-refractivity contribution >= 4 is 29.0 Å². The lowest BCUT2D eigenvalue weighted by Gasteiger charge is -2.22. The van der Waals surface area contributed by atoms with Crippen LogP contribution in [0.3, 0.4) is 0 Å². The van der Waals surface area contributed by atoms with Crippen molar-refractivity contribution in [3.05, 3.63) is 89.5 Å². The maximum atomic E-state index is 13.1. The normalized spacial score (nSPS) is 12.9. The van der Waals surface area contributed by atoms with Gasteiger partial charge in [0.1, 0.15) is 0 Å². The van der Waals surface area contributed by atoms with Crippen LogP contribution >= 0.6 is 0 Å². The first kappa shape index (κ1) is 23.4. The molecule has 6 heteroatoms. The van der Waals surface area contributed by atoms with Crippen LogP contribution in [0, 0.1) is 0 Å². The third kappa shape index (κ3) is 6.16. The van der Waals surface area contributed by atoms with Crippen molar-refractivity contribution < 1.29 is 9.59 Å². The van der Waals surface area contributed by atoms with Crippen LogP contribution < -0.4 is 20.9 Å². The Balaban J connectivity index is 1.44. The molecule has 3 aromatic rings. The summed E-state index contributed by atoms with van der Waals surface area (Å²) in [7, 11) is 0. The van der Waals surface area contributed by atoms with Gasteiger partial charge in [-0.1, -0.05) is 49.4 Å². The maximum absolute atomic E-state index is 13.1. The lowest BCUT2D eigenvalue weighted by molar-refractivity contribution is 0.0954. The Bertz CT molecular complexity index is 1110. The van der Waals surface area contributed by atoms with E-state index in [1.165, 1.54) is 11.1 Å². The molecule has 1 aliphatic rings. The highest BCUT2D eigenvalue weighted by molar-refractivity contribution is 6.04. The lowest BCUT2D eigenvalue weighted by atomic mass is 10.1. The summed E-state index contributed by atoms with van der Waals surface area (Å²) >= 11 is 0. The molecule has 176 valence electrons. The molecule has 6 nitrogen and oxygen atoms in total. The van der Waals surface area contributed by atoms with Gasteiger partial charge in [-0.15, -0.1) is 0 Å². The van der Waals surface area contributed by atoms with Crippen LogP contribution in [-0.2, 0) is 12.8 Å². The van der Waals surface area contributed by atoms with Crippen LogP contribution in [0.5, 0.6) is 0 Å². The predicted molar refractivity (Wildman–Crippen MR) is 139 cm³/mol. The van der Waals surface area contributed by atoms with E-state index < -0.39 is 0 Å². The van der Waals surface area contributed by atoms with Crippen molar-refractivity contribution in [3.63, 3.8) is 0 Å². The largest absolute Gasteiger partial charge is 0.371 e. The zero-order valence-corrected chi connectivity index (χ0v) is 19.6. The fraction of sp³-hybridized carbons (Fsp3) is 0.286. The van der Waals surface area contributed by atoms with Gasteiger partial charge in [-0.2, -0.15) is 0 Å². The predicted octanol–water partition coefficient (Wildman–Crippen LogP) is 5.47. The molecule has 1 saturated heterocycles. The smallest absolute Gasteiger partial charge is 0.323 e. The van der Waals surface area contributed by atoms with Crippen LogP contribution in [0.25, 0.3) is 0 Å². The molecule has 3 amide bonds. The van der Waals surface area contributed by atoms with Gasteiger partial charge in [-0.05, 0) is 67.1 Å². The molecule has 0 atom stereocenters. The van der Waals surface area contributed by atoms with Crippen molar-refractivity contribution in [2.45, 2.75) is 32.6 Å². The van der Waals surface area contributed by atoms with Crippen LogP contribution in [0.1, 0.15) is 41.3 Å². The molecule has 3 aromatic carbocycles. The molecule has 0 saturated carbocycles. The van der Waals surface area contributed by atoms with Gasteiger partial charge in [0.25, 0.3) is 5.91 Å². The summed E-state index contributed by atoms with van der Waals surface area (Å²) in [5, 5.41) is 8.77. The molecule has 0 aliphatic carbocycles. The molecule has 0 radical (unpaired) electrons. The number of urea groups is 1. The van der Waals surface area contributed by atoms with E-state index in [0.717, 1.165) is 50.1 Å². The van der Waals surface area contributed by atoms with E-state index >= 15 is 0 Å². The number of hydrogen-bond donors (Lipinski definition) is 3. The van der Waals surface area contributed by atoms with Gasteiger partial charge < -0.3 is 20.9 Å². The van der Waals surface area contributed by atoms with Crippen LogP contribution in [-0.4, -0.2) is 31.6 Å². The molecule has 1 fully saturated rings. The average Bonchev–Trinajstić information content (AvgIpc) is 3.40. The zero-order valence-electron chi connectivity index (χ0n) is 19.6. The Labute approximate surface area is 201 Å². The van der Waals surface area contributed by atoms with Crippen LogP contribution in [0.15, 0.2) is 72.8 Å². The van der Waals surface area contributed by atoms with Crippen molar-refractivity contribution in [2.24, 2.45) is 0 Å². The molecule has 0 unspecified atom stereocenters. The number of carbonyl (C=O) groups excluding carboxylic acids is 2. The SMILES string of the molecule is CCc1ccc(NC(=O)Nc2ccc(N3CCCC3)c(C(=O)NCCc3ccccc3)c2)cc1. The number of rotatable bonds is 8. The monoisotopic (exact) mass is 456 g/mol. The first-order chi connectivity index (χ1) is 16.6. The van der Waals surface area contributed by atoms with Crippen molar-refractivity contribution in [2.75, 3.05) is 35.2 Å². The van der Waals surface area contributed by atoms with Gasteiger partial charge >= 0.3 is 6.03 Å². The Morgan fingerprint density at radius 2 is 1.50 bits per heavy atom. The van der Waals surface area contributed by atoms with Gasteiger partial charge in [0, 0.05) is 36.7 Å². The summed E-state index contributed by atoms with van der Waals surface area (Å²) in [5.74, 6) is -0.128. The number of benzene rings is 3. The van der Waals surface area contributed by atoms with Gasteiger partial charge in [0.15, 0.2) is 0 Å². The van der Waals surface area contributed by atoms with Gasteiger partial charge in [-0.3, -0.25) is 4.79 Å². The molecular weight excluding hydrogens is 424 g/mol. The van der Waals surface area contributed by atoms with Gasteiger partial charge in [0.05, 0.1) is 5.56 Å². The second-order valence-electron chi connectivity index (χ2n) is 8.55. The summed E-state index contributed by atoms with van der Waals surface area (Å²) < 4.78 is 0. The minimum atomic E-state index is -0.339. The summed E-state index contributed by atoms with van der Waals surface area (Å²) in [4.78, 5) is 27.9. The summed E-state index contributed by atoms with van der Waals surface area (Å²) in [6.07, 6.45) is 3.96. The molecule has 4 rings (SSSR count). The fourth-order valence-corrected chi connectivity index (χ4v) is 4.21. The van der Waals surface area contributed by atoms with E-state index in [-0.39, 0.29) is 11.9 Å². The van der Waals surface area contributed by atoms with Crippen LogP contribution in [0.4, 0.5) is 21.9 Å². The van der Waals surface area contributed by atoms with E-state index in [2.05, 4.69) is 39.9 Å². The number of aryl methyl sites for hydroxylation is 1. The first-order valence-corrected chi connectivity index (χ1v) is 12.0. The third-order valence-electron chi connectivity index (χ3n) is 6.11. The highest BCUT2D eigenvalue weighted by Crippen LogP contribution is 2.28. The van der Waals surface area contributed by atoms with Crippen LogP contribution in [0.2, 0.25) is 0 Å². The highest BCUT2D eigenvalue weighted by atomic mass is 16.2. The summed E-state index contributed by atoms with van der Waals surface area (Å²) in [6.45, 7) is 4.52. The summed E-state index contributed by atoms with van der Waals surface area (Å²) in [5.41, 5.74) is 5.20. The van der Waals surface area contributed by atoms with E-state index in [1.54, 1.807) is 6.07 Å². The number of anilines is 3. The topological polar surface area (TPSA) is 73.5 Å². The first-order valence-electron chi connectivity index (χ1n) is 12.0. The molecule has 3 N–H and O–H groups in total. The Hall–Kier alpha value is -3.80. The van der Waals surface area contributed by atoms with Crippen molar-refractivity contribution in [1.29, 1.82) is 0 Å². The number of carbonyl (C=O) groups is 2. The number of nitrogens with one attached hydrogen (secondary N) is 3. The minimum Gasteiger partial charge on any atom is -0.371 e. The fourth-order valence-electron chi connectivity index (χ4n) is 4.21. The van der Waals surface area contributed by atoms with E-state index in [4.69, 9.17) is 0 Å². The van der Waals surface area contributed by atoms with E-state index in [1.807, 2.05) is 54.6 Å². The maximum Gasteiger partial charge on any atom is 0.323 e. The highest BCUT2D eigenvalue weighted by Gasteiger charge is 2.20. The summed E-state index contributed by atoms with van der Waals surface area (Å²) in [6, 6.07) is 23.1. The number of nitrogens with zero attached hydrogens (tertiary/aromatic N) is 1. The Morgan fingerprint density at radius 3 is 2.21 bits per heavy atom. The number of hydrogen-bond acceptors (Lipinski definition) is 3. The lowest BCUT2D eigenvalue weighted by Crippen LogP contribution is -2.29. The van der Waals surface area contributed by atoms with E-state index in [9.17, 15) is 9.59 Å². The van der Waals surface area contributed by atoms with Gasteiger partial charge in [0.2, 0.25) is 0 Å². The molecule has 34 heavy (non-hydrogen) atoms. The third-order valence-corrected chi connectivity index (χ3v) is 6.11. The Morgan fingerprint density at radius 1 is 0.824 bits per heavy atom. The van der Waals surface area contributed by atoms with E-state index in [0.29, 0.717) is 17.8 Å². The Kier molecular flexibility index (Phi) is 7.81. The second kappa shape index (κ2) is 11.4. The molecular formula is C28H32N4O2.